The van der Waals surface area contributed by atoms with Crippen LogP contribution in [0.15, 0.2) is 17.2 Å². The topological polar surface area (TPSA) is 99.8 Å². The number of nitrogens with zero attached hydrogens (tertiary/aromatic N) is 2. The first-order valence-corrected chi connectivity index (χ1v) is 7.86. The van der Waals surface area contributed by atoms with Gasteiger partial charge in [0.1, 0.15) is 10.6 Å². The summed E-state index contributed by atoms with van der Waals surface area (Å²) < 4.78 is 27.2. The van der Waals surface area contributed by atoms with Crippen molar-refractivity contribution in [1.82, 2.24) is 8.87 Å². The lowest BCUT2D eigenvalue weighted by Crippen LogP contribution is -2.33. The molecule has 1 aromatic rings. The van der Waals surface area contributed by atoms with Crippen LogP contribution in [0.2, 0.25) is 0 Å². The molecule has 1 heterocycles. The largest absolute Gasteiger partial charge is 0.477 e. The predicted octanol–water partition coefficient (Wildman–Crippen LogP) is 0.599. The molecule has 0 saturated heterocycles. The van der Waals surface area contributed by atoms with E-state index in [0.717, 1.165) is 10.4 Å². The van der Waals surface area contributed by atoms with Crippen LogP contribution in [0.1, 0.15) is 30.8 Å². The van der Waals surface area contributed by atoms with Crippen molar-refractivity contribution >= 4 is 16.0 Å². The standard InChI is InChI=1S/C12H20N2O5S/c1-3-5-13-9-10(8-11(13)12(16)17)20(18,19)14(4-2)6-7-15/h8-9,15H,3-7H2,1-2H3,(H,16,17). The third-order valence-corrected chi connectivity index (χ3v) is 4.83. The van der Waals surface area contributed by atoms with Crippen LogP contribution >= 0.6 is 0 Å². The Morgan fingerprint density at radius 3 is 2.50 bits per heavy atom. The van der Waals surface area contributed by atoms with Crippen LogP contribution < -0.4 is 0 Å². The highest BCUT2D eigenvalue weighted by atomic mass is 32.2. The molecule has 0 saturated carbocycles. The normalized spacial score (nSPS) is 12.0. The van der Waals surface area contributed by atoms with Gasteiger partial charge in [-0.1, -0.05) is 13.8 Å². The molecular formula is C12H20N2O5S. The third-order valence-electron chi connectivity index (χ3n) is 2.89. The van der Waals surface area contributed by atoms with Crippen LogP contribution in [-0.2, 0) is 16.6 Å². The fraction of sp³-hybridized carbons (Fsp3) is 0.583. The van der Waals surface area contributed by atoms with Gasteiger partial charge in [-0.2, -0.15) is 4.31 Å². The quantitative estimate of drug-likeness (QED) is 0.732. The second kappa shape index (κ2) is 6.87. The van der Waals surface area contributed by atoms with Gasteiger partial charge in [-0.3, -0.25) is 0 Å². The highest BCUT2D eigenvalue weighted by Crippen LogP contribution is 2.19. The molecule has 2 N–H and O–H groups in total. The Labute approximate surface area is 118 Å². The zero-order valence-corrected chi connectivity index (χ0v) is 12.4. The van der Waals surface area contributed by atoms with Crippen LogP contribution in [0.25, 0.3) is 0 Å². The Hall–Kier alpha value is -1.38. The van der Waals surface area contributed by atoms with Gasteiger partial charge >= 0.3 is 5.97 Å². The molecule has 0 spiro atoms. The number of rotatable bonds is 8. The number of hydrogen-bond acceptors (Lipinski definition) is 4. The Morgan fingerprint density at radius 2 is 2.05 bits per heavy atom. The average molecular weight is 304 g/mol. The molecule has 1 aromatic heterocycles. The second-order valence-electron chi connectivity index (χ2n) is 4.28. The number of aromatic nitrogens is 1. The summed E-state index contributed by atoms with van der Waals surface area (Å²) in [5.41, 5.74) is -0.0505. The predicted molar refractivity (Wildman–Crippen MR) is 73.2 cm³/mol. The van der Waals surface area contributed by atoms with E-state index in [2.05, 4.69) is 0 Å². The first-order chi connectivity index (χ1) is 9.38. The minimum atomic E-state index is -3.78. The van der Waals surface area contributed by atoms with Gasteiger partial charge in [0.25, 0.3) is 0 Å². The Morgan fingerprint density at radius 1 is 1.40 bits per heavy atom. The van der Waals surface area contributed by atoms with Crippen LogP contribution in [0.5, 0.6) is 0 Å². The number of likely N-dealkylation sites (N-methyl/N-ethyl adjacent to an activating group) is 1. The van der Waals surface area contributed by atoms with Crippen molar-refractivity contribution in [1.29, 1.82) is 0 Å². The van der Waals surface area contributed by atoms with Gasteiger partial charge in [-0.25, -0.2) is 13.2 Å². The maximum atomic E-state index is 12.4. The van der Waals surface area contributed by atoms with Crippen molar-refractivity contribution in [2.24, 2.45) is 0 Å². The summed E-state index contributed by atoms with van der Waals surface area (Å²) in [6, 6.07) is 1.16. The summed E-state index contributed by atoms with van der Waals surface area (Å²) >= 11 is 0. The fourth-order valence-electron chi connectivity index (χ4n) is 1.94. The van der Waals surface area contributed by atoms with Gasteiger partial charge in [0.2, 0.25) is 10.0 Å². The van der Waals surface area contributed by atoms with Crippen molar-refractivity contribution in [3.63, 3.8) is 0 Å². The number of aromatic carboxylic acids is 1. The van der Waals surface area contributed by atoms with Crippen molar-refractivity contribution in [2.75, 3.05) is 19.7 Å². The third kappa shape index (κ3) is 3.38. The molecule has 114 valence electrons. The molecule has 0 aromatic carbocycles. The number of hydrogen-bond donors (Lipinski definition) is 2. The van der Waals surface area contributed by atoms with Crippen LogP contribution in [0.4, 0.5) is 0 Å². The van der Waals surface area contributed by atoms with Crippen LogP contribution in [0.3, 0.4) is 0 Å². The number of carboxylic acid groups (broad SMARTS) is 1. The molecule has 0 aliphatic heterocycles. The highest BCUT2D eigenvalue weighted by molar-refractivity contribution is 7.89. The highest BCUT2D eigenvalue weighted by Gasteiger charge is 2.26. The molecule has 0 amide bonds. The number of carboxylic acids is 1. The van der Waals surface area contributed by atoms with Gasteiger partial charge in [-0.05, 0) is 12.5 Å². The van der Waals surface area contributed by atoms with Gasteiger partial charge in [0.05, 0.1) is 6.61 Å². The lowest BCUT2D eigenvalue weighted by molar-refractivity contribution is 0.0685. The molecule has 0 aliphatic rings. The van der Waals surface area contributed by atoms with E-state index in [1.807, 2.05) is 6.92 Å². The van der Waals surface area contributed by atoms with E-state index < -0.39 is 16.0 Å². The maximum Gasteiger partial charge on any atom is 0.352 e. The lowest BCUT2D eigenvalue weighted by atomic mass is 10.4. The van der Waals surface area contributed by atoms with E-state index in [-0.39, 0.29) is 30.3 Å². The molecule has 7 nitrogen and oxygen atoms in total. The molecule has 0 fully saturated rings. The Bertz CT molecular complexity index is 564. The summed E-state index contributed by atoms with van der Waals surface area (Å²) in [7, 11) is -3.78. The van der Waals surface area contributed by atoms with E-state index in [4.69, 9.17) is 10.2 Å². The number of carbonyl (C=O) groups is 1. The summed E-state index contributed by atoms with van der Waals surface area (Å²) in [5, 5.41) is 18.0. The molecule has 0 bridgehead atoms. The van der Waals surface area contributed by atoms with E-state index in [9.17, 15) is 13.2 Å². The van der Waals surface area contributed by atoms with Crippen LogP contribution in [-0.4, -0.2) is 53.2 Å². The molecular weight excluding hydrogens is 284 g/mol. The lowest BCUT2D eigenvalue weighted by Gasteiger charge is -2.18. The zero-order valence-electron chi connectivity index (χ0n) is 11.6. The zero-order chi connectivity index (χ0) is 15.3. The number of aliphatic hydroxyl groups is 1. The summed E-state index contributed by atoms with van der Waals surface area (Å²) in [6.45, 7) is 3.89. The molecule has 1 rings (SSSR count). The second-order valence-corrected chi connectivity index (χ2v) is 6.22. The molecule has 20 heavy (non-hydrogen) atoms. The number of aliphatic hydroxyl groups excluding tert-OH is 1. The SMILES string of the molecule is CCCn1cc(S(=O)(=O)N(CC)CCO)cc1C(=O)O. The van der Waals surface area contributed by atoms with Gasteiger partial charge in [0.15, 0.2) is 0 Å². The molecule has 8 heteroatoms. The van der Waals surface area contributed by atoms with Gasteiger partial charge in [-0.15, -0.1) is 0 Å². The van der Waals surface area contributed by atoms with Crippen molar-refractivity contribution in [3.8, 4) is 0 Å². The van der Waals surface area contributed by atoms with E-state index in [1.54, 1.807) is 6.92 Å². The van der Waals surface area contributed by atoms with Crippen molar-refractivity contribution in [2.45, 2.75) is 31.7 Å². The monoisotopic (exact) mass is 304 g/mol. The summed E-state index contributed by atoms with van der Waals surface area (Å²) in [5.74, 6) is -1.16. The summed E-state index contributed by atoms with van der Waals surface area (Å²) in [6.07, 6.45) is 2.03. The molecule has 0 aliphatic carbocycles. The number of aryl methyl sites for hydroxylation is 1. The fourth-order valence-corrected chi connectivity index (χ4v) is 3.42. The first-order valence-electron chi connectivity index (χ1n) is 6.42. The van der Waals surface area contributed by atoms with Crippen LogP contribution in [0, 0.1) is 0 Å². The van der Waals surface area contributed by atoms with E-state index in [0.29, 0.717) is 13.0 Å². The molecule has 0 radical (unpaired) electrons. The maximum absolute atomic E-state index is 12.4. The minimum Gasteiger partial charge on any atom is -0.477 e. The Kier molecular flexibility index (Phi) is 5.73. The Balaban J connectivity index is 3.25. The van der Waals surface area contributed by atoms with E-state index >= 15 is 0 Å². The number of sulfonamides is 1. The van der Waals surface area contributed by atoms with Gasteiger partial charge in [0, 0.05) is 25.8 Å². The smallest absolute Gasteiger partial charge is 0.352 e. The van der Waals surface area contributed by atoms with Crippen molar-refractivity contribution in [3.05, 3.63) is 18.0 Å². The van der Waals surface area contributed by atoms with E-state index in [1.165, 1.54) is 10.8 Å². The van der Waals surface area contributed by atoms with Crippen molar-refractivity contribution < 1.29 is 23.4 Å². The summed E-state index contributed by atoms with van der Waals surface area (Å²) in [4.78, 5) is 11.1. The van der Waals surface area contributed by atoms with Gasteiger partial charge < -0.3 is 14.8 Å². The minimum absolute atomic E-state index is 0.0137. The first kappa shape index (κ1) is 16.7. The average Bonchev–Trinajstić information content (AvgIpc) is 2.81. The molecule has 0 atom stereocenters. The molecule has 0 unspecified atom stereocenters.